The summed E-state index contributed by atoms with van der Waals surface area (Å²) in [4.78, 5) is 30.6. The van der Waals surface area contributed by atoms with Gasteiger partial charge in [-0.25, -0.2) is 4.90 Å². The fraction of sp³-hybridized carbons (Fsp3) is 0.154. The Hall–Kier alpha value is -3.66. The second-order valence-electron chi connectivity index (χ2n) is 7.83. The molecule has 4 heteroatoms. The van der Waals surface area contributed by atoms with E-state index < -0.39 is 0 Å². The predicted octanol–water partition coefficient (Wildman–Crippen LogP) is 4.65. The van der Waals surface area contributed by atoms with Gasteiger partial charge in [-0.3, -0.25) is 9.59 Å². The molecule has 0 fully saturated rings. The Balaban J connectivity index is 1.68. The number of rotatable bonds is 3. The first kappa shape index (κ1) is 18.4. The molecule has 0 radical (unpaired) electrons. The molecule has 148 valence electrons. The van der Waals surface area contributed by atoms with Gasteiger partial charge in [0.2, 0.25) is 0 Å². The Morgan fingerprint density at radius 2 is 1.50 bits per heavy atom. The molecule has 0 aromatic heterocycles. The topological polar surface area (TPSA) is 40.6 Å². The Bertz CT molecular complexity index is 1210. The van der Waals surface area contributed by atoms with Gasteiger partial charge < -0.3 is 4.90 Å². The van der Waals surface area contributed by atoms with E-state index in [1.807, 2.05) is 85.5 Å². The molecule has 0 bridgehead atoms. The molecule has 0 atom stereocenters. The molecule has 4 nitrogen and oxygen atoms in total. The van der Waals surface area contributed by atoms with Crippen molar-refractivity contribution in [1.29, 1.82) is 0 Å². The summed E-state index contributed by atoms with van der Waals surface area (Å²) in [6, 6.07) is 23.3. The van der Waals surface area contributed by atoms with Gasteiger partial charge >= 0.3 is 0 Å². The molecule has 5 rings (SSSR count). The van der Waals surface area contributed by atoms with E-state index in [-0.39, 0.29) is 11.8 Å². The zero-order chi connectivity index (χ0) is 20.8. The van der Waals surface area contributed by atoms with Crippen LogP contribution in [0.4, 0.5) is 11.4 Å². The lowest BCUT2D eigenvalue weighted by Crippen LogP contribution is -2.35. The third kappa shape index (κ3) is 2.76. The molecule has 3 aromatic carbocycles. The van der Waals surface area contributed by atoms with E-state index in [9.17, 15) is 9.59 Å². The smallest absolute Gasteiger partial charge is 0.282 e. The molecular formula is C26H22N2O2. The number of nitrogens with zero attached hydrogens (tertiary/aromatic N) is 2. The SMILES string of the molecule is Cc1ccc(N2C(=O)C(c3ccccc3)=C(N3CCc4ccccc43)C2=O)cc1C. The molecule has 30 heavy (non-hydrogen) atoms. The number of aryl methyl sites for hydroxylation is 2. The largest absolute Gasteiger partial charge is 0.336 e. The highest BCUT2D eigenvalue weighted by Crippen LogP contribution is 2.40. The number of amides is 2. The van der Waals surface area contributed by atoms with Crippen molar-refractivity contribution in [2.75, 3.05) is 16.3 Å². The van der Waals surface area contributed by atoms with Crippen LogP contribution in [0, 0.1) is 13.8 Å². The Kier molecular flexibility index (Phi) is 4.28. The van der Waals surface area contributed by atoms with Gasteiger partial charge in [0, 0.05) is 12.2 Å². The average Bonchev–Trinajstić information content (AvgIpc) is 3.29. The Morgan fingerprint density at radius 3 is 2.27 bits per heavy atom. The van der Waals surface area contributed by atoms with E-state index in [0.717, 1.165) is 28.8 Å². The van der Waals surface area contributed by atoms with Gasteiger partial charge in [-0.1, -0.05) is 54.6 Å². The maximum atomic E-state index is 13.7. The van der Waals surface area contributed by atoms with Crippen molar-refractivity contribution in [3.05, 3.63) is 101 Å². The number of carbonyl (C=O) groups excluding carboxylic acids is 2. The highest BCUT2D eigenvalue weighted by Gasteiger charge is 2.44. The van der Waals surface area contributed by atoms with Gasteiger partial charge in [0.15, 0.2) is 0 Å². The molecule has 0 spiro atoms. The molecule has 2 heterocycles. The molecule has 2 amide bonds. The van der Waals surface area contributed by atoms with E-state index in [4.69, 9.17) is 0 Å². The van der Waals surface area contributed by atoms with Gasteiger partial charge in [0.25, 0.3) is 11.8 Å². The minimum Gasteiger partial charge on any atom is -0.336 e. The van der Waals surface area contributed by atoms with Crippen molar-refractivity contribution >= 4 is 28.8 Å². The van der Waals surface area contributed by atoms with Crippen LogP contribution in [0.3, 0.4) is 0 Å². The first-order valence-corrected chi connectivity index (χ1v) is 10.2. The van der Waals surface area contributed by atoms with Crippen molar-refractivity contribution in [1.82, 2.24) is 0 Å². The van der Waals surface area contributed by atoms with Gasteiger partial charge in [0.1, 0.15) is 5.70 Å². The lowest BCUT2D eigenvalue weighted by molar-refractivity contribution is -0.120. The summed E-state index contributed by atoms with van der Waals surface area (Å²) in [6.45, 7) is 4.70. The van der Waals surface area contributed by atoms with E-state index in [1.165, 1.54) is 10.5 Å². The number of para-hydroxylation sites is 1. The zero-order valence-corrected chi connectivity index (χ0v) is 17.1. The molecule has 2 aliphatic rings. The molecule has 0 N–H and O–H groups in total. The molecule has 0 unspecified atom stereocenters. The third-order valence-electron chi connectivity index (χ3n) is 6.03. The first-order chi connectivity index (χ1) is 14.6. The van der Waals surface area contributed by atoms with Crippen LogP contribution >= 0.6 is 0 Å². The standard InChI is InChI=1S/C26H22N2O2/c1-17-12-13-21(16-18(17)2)28-25(29)23(20-9-4-3-5-10-20)24(26(28)30)27-15-14-19-8-6-7-11-22(19)27/h3-13,16H,14-15H2,1-2H3. The number of benzene rings is 3. The third-order valence-corrected chi connectivity index (χ3v) is 6.03. The van der Waals surface area contributed by atoms with Crippen LogP contribution in [0.2, 0.25) is 0 Å². The van der Waals surface area contributed by atoms with Crippen LogP contribution in [0.25, 0.3) is 5.57 Å². The zero-order valence-electron chi connectivity index (χ0n) is 17.1. The van der Waals surface area contributed by atoms with Crippen molar-refractivity contribution in [2.45, 2.75) is 20.3 Å². The van der Waals surface area contributed by atoms with Crippen LogP contribution in [-0.2, 0) is 16.0 Å². The molecule has 0 aliphatic carbocycles. The summed E-state index contributed by atoms with van der Waals surface area (Å²) >= 11 is 0. The number of hydrogen-bond acceptors (Lipinski definition) is 3. The maximum Gasteiger partial charge on any atom is 0.282 e. The fourth-order valence-corrected chi connectivity index (χ4v) is 4.30. The van der Waals surface area contributed by atoms with E-state index >= 15 is 0 Å². The van der Waals surface area contributed by atoms with E-state index in [2.05, 4.69) is 6.07 Å². The summed E-state index contributed by atoms with van der Waals surface area (Å²) in [5.74, 6) is -0.535. The van der Waals surface area contributed by atoms with E-state index in [1.54, 1.807) is 0 Å². The monoisotopic (exact) mass is 394 g/mol. The van der Waals surface area contributed by atoms with Crippen LogP contribution < -0.4 is 9.80 Å². The van der Waals surface area contributed by atoms with Crippen LogP contribution in [0.15, 0.2) is 78.5 Å². The molecule has 3 aromatic rings. The Morgan fingerprint density at radius 1 is 0.767 bits per heavy atom. The van der Waals surface area contributed by atoms with Crippen molar-refractivity contribution < 1.29 is 9.59 Å². The normalized spacial score (nSPS) is 15.9. The summed E-state index contributed by atoms with van der Waals surface area (Å²) in [7, 11) is 0. The molecule has 0 saturated carbocycles. The van der Waals surface area contributed by atoms with Gasteiger partial charge in [-0.15, -0.1) is 0 Å². The second-order valence-corrected chi connectivity index (χ2v) is 7.83. The first-order valence-electron chi connectivity index (χ1n) is 10.2. The maximum absolute atomic E-state index is 13.7. The summed E-state index contributed by atoms with van der Waals surface area (Å²) in [5.41, 5.74) is 6.69. The molecule has 0 saturated heterocycles. The van der Waals surface area contributed by atoms with Crippen molar-refractivity contribution in [3.8, 4) is 0 Å². The quantitative estimate of drug-likeness (QED) is 0.607. The highest BCUT2D eigenvalue weighted by atomic mass is 16.2. The minimum atomic E-state index is -0.270. The number of imide groups is 1. The Labute approximate surface area is 176 Å². The number of carbonyl (C=O) groups is 2. The number of fused-ring (bicyclic) bond motifs is 1. The van der Waals surface area contributed by atoms with Gasteiger partial charge in [-0.2, -0.15) is 0 Å². The highest BCUT2D eigenvalue weighted by molar-refractivity contribution is 6.46. The van der Waals surface area contributed by atoms with Crippen LogP contribution in [0.5, 0.6) is 0 Å². The fourth-order valence-electron chi connectivity index (χ4n) is 4.30. The lowest BCUT2D eigenvalue weighted by Gasteiger charge is -2.22. The van der Waals surface area contributed by atoms with Crippen molar-refractivity contribution in [2.24, 2.45) is 0 Å². The molecular weight excluding hydrogens is 372 g/mol. The van der Waals surface area contributed by atoms with Gasteiger partial charge in [0.05, 0.1) is 11.3 Å². The summed E-state index contributed by atoms with van der Waals surface area (Å²) < 4.78 is 0. The summed E-state index contributed by atoms with van der Waals surface area (Å²) in [6.07, 6.45) is 0.854. The van der Waals surface area contributed by atoms with Crippen LogP contribution in [-0.4, -0.2) is 18.4 Å². The van der Waals surface area contributed by atoms with Crippen LogP contribution in [0.1, 0.15) is 22.3 Å². The number of anilines is 2. The van der Waals surface area contributed by atoms with Crippen molar-refractivity contribution in [3.63, 3.8) is 0 Å². The van der Waals surface area contributed by atoms with Gasteiger partial charge in [-0.05, 0) is 60.7 Å². The lowest BCUT2D eigenvalue weighted by atomic mass is 10.0. The number of hydrogen-bond donors (Lipinski definition) is 0. The van der Waals surface area contributed by atoms with E-state index in [0.29, 0.717) is 23.5 Å². The molecule has 2 aliphatic heterocycles. The minimum absolute atomic E-state index is 0.265. The second kappa shape index (κ2) is 6.99. The predicted molar refractivity (Wildman–Crippen MR) is 119 cm³/mol. The average molecular weight is 394 g/mol. The summed E-state index contributed by atoms with van der Waals surface area (Å²) in [5, 5.41) is 0.